The zero-order valence-electron chi connectivity index (χ0n) is 21.9. The first-order valence-corrected chi connectivity index (χ1v) is 13.4. The van der Waals surface area contributed by atoms with E-state index >= 15 is 0 Å². The lowest BCUT2D eigenvalue weighted by Crippen LogP contribution is -2.43. The predicted octanol–water partition coefficient (Wildman–Crippen LogP) is 5.57. The first kappa shape index (κ1) is 27.5. The molecule has 0 aliphatic heterocycles. The van der Waals surface area contributed by atoms with Crippen LogP contribution >= 0.6 is 0 Å². The third kappa shape index (κ3) is 7.70. The highest BCUT2D eigenvalue weighted by atomic mass is 16.5. The molecule has 1 unspecified atom stereocenters. The minimum atomic E-state index is -0.983. The van der Waals surface area contributed by atoms with E-state index in [9.17, 15) is 14.7 Å². The molecule has 3 rings (SSSR count). The van der Waals surface area contributed by atoms with Gasteiger partial charge in [0.2, 0.25) is 0 Å². The Kier molecular flexibility index (Phi) is 9.62. The molecule has 6 nitrogen and oxygen atoms in total. The molecule has 0 aromatic heterocycles. The van der Waals surface area contributed by atoms with Gasteiger partial charge in [-0.2, -0.15) is 0 Å². The highest BCUT2D eigenvalue weighted by molar-refractivity contribution is 5.75. The second-order valence-corrected chi connectivity index (χ2v) is 11.7. The van der Waals surface area contributed by atoms with Crippen LogP contribution in [0, 0.1) is 23.2 Å². The van der Waals surface area contributed by atoms with Crippen molar-refractivity contribution in [3.63, 3.8) is 0 Å². The first-order valence-electron chi connectivity index (χ1n) is 13.4. The number of hydrogen-bond acceptors (Lipinski definition) is 5. The summed E-state index contributed by atoms with van der Waals surface area (Å²) in [6, 6.07) is 5.92. The first-order chi connectivity index (χ1) is 16.6. The molecule has 0 saturated heterocycles. The fourth-order valence-corrected chi connectivity index (χ4v) is 5.71. The molecule has 35 heavy (non-hydrogen) atoms. The molecule has 0 spiro atoms. The van der Waals surface area contributed by atoms with Gasteiger partial charge in [0, 0.05) is 0 Å². The van der Waals surface area contributed by atoms with Gasteiger partial charge in [-0.25, -0.2) is 4.79 Å². The molecule has 1 aromatic carbocycles. The SMILES string of the molecule is CCCCC[C@H](O)CCC1C[C@H]2Cc3cccc(OCC(=O)O)c3C[C@H]2C[C@H]1OC(=O)C(C)(C)C. The molecule has 1 fully saturated rings. The van der Waals surface area contributed by atoms with Gasteiger partial charge in [0.15, 0.2) is 6.61 Å². The number of unbranched alkanes of at least 4 members (excludes halogenated alkanes) is 2. The summed E-state index contributed by atoms with van der Waals surface area (Å²) in [7, 11) is 0. The van der Waals surface area contributed by atoms with Crippen molar-refractivity contribution in [3.05, 3.63) is 29.3 Å². The van der Waals surface area contributed by atoms with E-state index in [-0.39, 0.29) is 30.7 Å². The van der Waals surface area contributed by atoms with Gasteiger partial charge in [-0.05, 0) is 101 Å². The minimum absolute atomic E-state index is 0.153. The molecular weight excluding hydrogens is 444 g/mol. The van der Waals surface area contributed by atoms with Gasteiger partial charge in [0.05, 0.1) is 11.5 Å². The molecule has 196 valence electrons. The molecule has 2 N–H and O–H groups in total. The maximum atomic E-state index is 12.8. The van der Waals surface area contributed by atoms with E-state index < -0.39 is 11.4 Å². The molecule has 6 heteroatoms. The number of carboxylic acids is 1. The monoisotopic (exact) mass is 488 g/mol. The number of ether oxygens (including phenoxy) is 2. The Morgan fingerprint density at radius 3 is 2.51 bits per heavy atom. The Hall–Kier alpha value is -2.08. The second kappa shape index (κ2) is 12.2. The van der Waals surface area contributed by atoms with Gasteiger partial charge in [0.1, 0.15) is 11.9 Å². The van der Waals surface area contributed by atoms with E-state index in [1.807, 2.05) is 32.9 Å². The van der Waals surface area contributed by atoms with Crippen molar-refractivity contribution in [2.75, 3.05) is 6.61 Å². The molecule has 1 saturated carbocycles. The number of carbonyl (C=O) groups excluding carboxylic acids is 1. The Balaban J connectivity index is 1.73. The Morgan fingerprint density at radius 1 is 1.09 bits per heavy atom. The minimum Gasteiger partial charge on any atom is -0.482 e. The topological polar surface area (TPSA) is 93.1 Å². The lowest BCUT2D eigenvalue weighted by atomic mass is 9.64. The zero-order chi connectivity index (χ0) is 25.6. The standard InChI is InChI=1S/C29H44O6/c1-5-6-7-10-23(30)13-12-20-15-21-14-19-9-8-11-25(34-18-27(31)32)24(19)16-22(21)17-26(20)35-28(33)29(2,3)4/h8-9,11,20-23,26,30H,5-7,10,12-18H2,1-4H3,(H,31,32)/t20?,21-,22+,23+,26-/m1/s1. The summed E-state index contributed by atoms with van der Waals surface area (Å²) in [5.74, 6) is 0.601. The molecular formula is C29H44O6. The van der Waals surface area contributed by atoms with Gasteiger partial charge < -0.3 is 19.7 Å². The smallest absolute Gasteiger partial charge is 0.341 e. The third-order valence-electron chi connectivity index (χ3n) is 7.74. The fourth-order valence-electron chi connectivity index (χ4n) is 5.71. The highest BCUT2D eigenvalue weighted by Crippen LogP contribution is 2.46. The second-order valence-electron chi connectivity index (χ2n) is 11.7. The fraction of sp³-hybridized carbons (Fsp3) is 0.724. The summed E-state index contributed by atoms with van der Waals surface area (Å²) in [4.78, 5) is 23.8. The largest absolute Gasteiger partial charge is 0.482 e. The zero-order valence-corrected chi connectivity index (χ0v) is 21.9. The number of carbonyl (C=O) groups is 2. The molecule has 0 radical (unpaired) electrons. The van der Waals surface area contributed by atoms with Crippen LogP contribution in [0.15, 0.2) is 18.2 Å². The van der Waals surface area contributed by atoms with E-state index in [0.29, 0.717) is 17.6 Å². The highest BCUT2D eigenvalue weighted by Gasteiger charge is 2.42. The van der Waals surface area contributed by atoms with Crippen molar-refractivity contribution in [3.8, 4) is 5.75 Å². The summed E-state index contributed by atoms with van der Waals surface area (Å²) in [5.41, 5.74) is 1.77. The van der Waals surface area contributed by atoms with Crippen LogP contribution < -0.4 is 4.74 Å². The summed E-state index contributed by atoms with van der Waals surface area (Å²) in [6.07, 6.45) is 8.88. The number of aliphatic hydroxyl groups is 1. The summed E-state index contributed by atoms with van der Waals surface area (Å²) >= 11 is 0. The Bertz CT molecular complexity index is 857. The lowest BCUT2D eigenvalue weighted by molar-refractivity contribution is -0.166. The van der Waals surface area contributed by atoms with Gasteiger partial charge in [-0.15, -0.1) is 0 Å². The van der Waals surface area contributed by atoms with E-state index in [4.69, 9.17) is 14.6 Å². The van der Waals surface area contributed by atoms with Gasteiger partial charge in [-0.3, -0.25) is 4.79 Å². The van der Waals surface area contributed by atoms with E-state index in [2.05, 4.69) is 13.0 Å². The quantitative estimate of drug-likeness (QED) is 0.312. The average molecular weight is 489 g/mol. The van der Waals surface area contributed by atoms with Crippen molar-refractivity contribution in [1.82, 2.24) is 0 Å². The Morgan fingerprint density at radius 2 is 1.83 bits per heavy atom. The number of carboxylic acid groups (broad SMARTS) is 1. The van der Waals surface area contributed by atoms with Crippen LogP contribution in [0.25, 0.3) is 0 Å². The van der Waals surface area contributed by atoms with Crippen molar-refractivity contribution >= 4 is 11.9 Å². The molecule has 1 aromatic rings. The van der Waals surface area contributed by atoms with Gasteiger partial charge in [0.25, 0.3) is 0 Å². The van der Waals surface area contributed by atoms with Crippen LogP contribution in [0.3, 0.4) is 0 Å². The van der Waals surface area contributed by atoms with E-state index in [0.717, 1.165) is 69.8 Å². The van der Waals surface area contributed by atoms with Crippen LogP contribution in [-0.2, 0) is 27.2 Å². The van der Waals surface area contributed by atoms with Crippen molar-refractivity contribution in [2.45, 2.75) is 104 Å². The molecule has 2 aliphatic carbocycles. The summed E-state index contributed by atoms with van der Waals surface area (Å²) in [5, 5.41) is 19.6. The number of aliphatic carboxylic acids is 1. The molecule has 0 heterocycles. The number of hydrogen-bond donors (Lipinski definition) is 2. The maximum Gasteiger partial charge on any atom is 0.341 e. The van der Waals surface area contributed by atoms with Gasteiger partial charge in [-0.1, -0.05) is 38.3 Å². The summed E-state index contributed by atoms with van der Waals surface area (Å²) in [6.45, 7) is 7.48. The van der Waals surface area contributed by atoms with Gasteiger partial charge >= 0.3 is 11.9 Å². The number of rotatable bonds is 11. The third-order valence-corrected chi connectivity index (χ3v) is 7.74. The number of esters is 1. The van der Waals surface area contributed by atoms with Crippen molar-refractivity contribution in [2.24, 2.45) is 23.2 Å². The van der Waals surface area contributed by atoms with E-state index in [1.54, 1.807) is 0 Å². The van der Waals surface area contributed by atoms with Crippen LogP contribution in [0.1, 0.15) is 90.2 Å². The lowest BCUT2D eigenvalue weighted by Gasteiger charge is -2.44. The number of aliphatic hydroxyl groups excluding tert-OH is 1. The summed E-state index contributed by atoms with van der Waals surface area (Å²) < 4.78 is 11.7. The number of benzene rings is 1. The van der Waals surface area contributed by atoms with Crippen LogP contribution in [0.4, 0.5) is 0 Å². The molecule has 5 atom stereocenters. The van der Waals surface area contributed by atoms with Crippen molar-refractivity contribution in [1.29, 1.82) is 0 Å². The predicted molar refractivity (Wildman–Crippen MR) is 135 cm³/mol. The molecule has 0 amide bonds. The van der Waals surface area contributed by atoms with E-state index in [1.165, 1.54) is 5.56 Å². The molecule has 0 bridgehead atoms. The van der Waals surface area contributed by atoms with Crippen LogP contribution in [-0.4, -0.2) is 41.0 Å². The number of fused-ring (bicyclic) bond motifs is 2. The maximum absolute atomic E-state index is 12.8. The van der Waals surface area contributed by atoms with Crippen molar-refractivity contribution < 1.29 is 29.3 Å². The average Bonchev–Trinajstić information content (AvgIpc) is 2.79. The normalized spacial score (nSPS) is 24.7. The molecule has 2 aliphatic rings. The van der Waals surface area contributed by atoms with Crippen LogP contribution in [0.2, 0.25) is 0 Å². The van der Waals surface area contributed by atoms with Crippen LogP contribution in [0.5, 0.6) is 5.75 Å². The Labute approximate surface area is 210 Å².